The molecular formula is C16H16O5. The van der Waals surface area contributed by atoms with E-state index >= 15 is 0 Å². The highest BCUT2D eigenvalue weighted by Gasteiger charge is 2.17. The van der Waals surface area contributed by atoms with Gasteiger partial charge in [0, 0.05) is 12.0 Å². The van der Waals surface area contributed by atoms with E-state index in [1.54, 1.807) is 24.3 Å². The maximum Gasteiger partial charge on any atom is 0.374 e. The van der Waals surface area contributed by atoms with Crippen LogP contribution in [0.2, 0.25) is 0 Å². The van der Waals surface area contributed by atoms with Crippen LogP contribution in [0, 0.1) is 0 Å². The quantitative estimate of drug-likeness (QED) is 0.873. The third-order valence-electron chi connectivity index (χ3n) is 3.27. The number of aryl methyl sites for hydroxylation is 1. The zero-order valence-corrected chi connectivity index (χ0v) is 11.9. The van der Waals surface area contributed by atoms with Crippen LogP contribution < -0.4 is 5.63 Å². The summed E-state index contributed by atoms with van der Waals surface area (Å²) in [7, 11) is 1.23. The van der Waals surface area contributed by atoms with Crippen LogP contribution in [0.25, 0.3) is 0 Å². The van der Waals surface area contributed by atoms with E-state index < -0.39 is 11.6 Å². The summed E-state index contributed by atoms with van der Waals surface area (Å²) >= 11 is 0. The van der Waals surface area contributed by atoms with E-state index in [1.165, 1.54) is 13.2 Å². The molecule has 2 rings (SSSR count). The minimum atomic E-state index is -0.684. The Morgan fingerprint density at radius 3 is 2.62 bits per heavy atom. The van der Waals surface area contributed by atoms with Crippen LogP contribution >= 0.6 is 0 Å². The summed E-state index contributed by atoms with van der Waals surface area (Å²) in [4.78, 5) is 23.6. The van der Waals surface area contributed by atoms with Crippen LogP contribution in [0.3, 0.4) is 0 Å². The van der Waals surface area contributed by atoms with Crippen molar-refractivity contribution in [2.75, 3.05) is 7.11 Å². The molecule has 0 saturated heterocycles. The molecule has 0 saturated carbocycles. The molecule has 0 amide bonds. The largest absolute Gasteiger partial charge is 0.508 e. The number of carbonyl (C=O) groups is 1. The fourth-order valence-electron chi connectivity index (χ4n) is 2.12. The first-order chi connectivity index (χ1) is 10.1. The normalized spacial score (nSPS) is 10.4. The lowest BCUT2D eigenvalue weighted by Gasteiger charge is -2.09. The molecule has 0 aliphatic carbocycles. The number of phenols is 1. The molecule has 0 fully saturated rings. The molecule has 1 heterocycles. The third-order valence-corrected chi connectivity index (χ3v) is 3.27. The number of benzene rings is 1. The molecular weight excluding hydrogens is 272 g/mol. The number of carbonyl (C=O) groups excluding carboxylic acids is 1. The molecule has 5 heteroatoms. The number of hydrogen-bond acceptors (Lipinski definition) is 5. The summed E-state index contributed by atoms with van der Waals surface area (Å²) in [5.74, 6) is -0.674. The van der Waals surface area contributed by atoms with Gasteiger partial charge in [-0.1, -0.05) is 25.1 Å². The number of para-hydroxylation sites is 1. The zero-order valence-electron chi connectivity index (χ0n) is 11.9. The van der Waals surface area contributed by atoms with Gasteiger partial charge in [0.2, 0.25) is 5.76 Å². The number of rotatable bonds is 4. The van der Waals surface area contributed by atoms with Gasteiger partial charge in [0.25, 0.3) is 0 Å². The van der Waals surface area contributed by atoms with Crippen LogP contribution in [0.4, 0.5) is 0 Å². The molecule has 0 radical (unpaired) electrons. The lowest BCUT2D eigenvalue weighted by Crippen LogP contribution is -2.16. The Morgan fingerprint density at radius 1 is 1.29 bits per heavy atom. The highest BCUT2D eigenvalue weighted by molar-refractivity contribution is 5.86. The lowest BCUT2D eigenvalue weighted by molar-refractivity contribution is 0.0559. The standard InChI is InChI=1S/C16H16O5/c1-3-10-9-14(16(19)20-2)21-15(18)12(10)8-11-6-4-5-7-13(11)17/h4-7,9,17H,3,8H2,1-2H3. The van der Waals surface area contributed by atoms with E-state index in [9.17, 15) is 14.7 Å². The SMILES string of the molecule is CCc1cc(C(=O)OC)oc(=O)c1Cc1ccccc1O. The first-order valence-corrected chi connectivity index (χ1v) is 6.57. The molecule has 0 aliphatic rings. The van der Waals surface area contributed by atoms with Crippen LogP contribution in [-0.2, 0) is 17.6 Å². The summed E-state index contributed by atoms with van der Waals surface area (Å²) in [5, 5.41) is 9.80. The van der Waals surface area contributed by atoms with Crippen LogP contribution in [0.15, 0.2) is 39.5 Å². The first kappa shape index (κ1) is 14.8. The topological polar surface area (TPSA) is 76.7 Å². The van der Waals surface area contributed by atoms with Crippen molar-refractivity contribution in [3.8, 4) is 5.75 Å². The average Bonchev–Trinajstić information content (AvgIpc) is 2.50. The number of hydrogen-bond donors (Lipinski definition) is 1. The molecule has 0 bridgehead atoms. The fraction of sp³-hybridized carbons (Fsp3) is 0.250. The summed E-state index contributed by atoms with van der Waals surface area (Å²) in [5.41, 5.74) is 1.19. The minimum Gasteiger partial charge on any atom is -0.508 e. The van der Waals surface area contributed by atoms with Gasteiger partial charge in [-0.15, -0.1) is 0 Å². The molecule has 0 aliphatic heterocycles. The number of methoxy groups -OCH3 is 1. The second-order valence-corrected chi connectivity index (χ2v) is 4.55. The molecule has 0 unspecified atom stereocenters. The van der Waals surface area contributed by atoms with Crippen molar-refractivity contribution in [1.29, 1.82) is 0 Å². The van der Waals surface area contributed by atoms with E-state index in [2.05, 4.69) is 4.74 Å². The number of phenolic OH excluding ortho intramolecular Hbond substituents is 1. The van der Waals surface area contributed by atoms with E-state index in [4.69, 9.17) is 4.42 Å². The van der Waals surface area contributed by atoms with Crippen molar-refractivity contribution < 1.29 is 19.1 Å². The van der Waals surface area contributed by atoms with Crippen molar-refractivity contribution in [1.82, 2.24) is 0 Å². The van der Waals surface area contributed by atoms with Gasteiger partial charge < -0.3 is 14.3 Å². The minimum absolute atomic E-state index is 0.111. The van der Waals surface area contributed by atoms with Crippen LogP contribution in [-0.4, -0.2) is 18.2 Å². The molecule has 1 N–H and O–H groups in total. The predicted molar refractivity (Wildman–Crippen MR) is 76.6 cm³/mol. The van der Waals surface area contributed by atoms with Gasteiger partial charge in [-0.2, -0.15) is 0 Å². The van der Waals surface area contributed by atoms with Gasteiger partial charge in [-0.25, -0.2) is 9.59 Å². The fourth-order valence-corrected chi connectivity index (χ4v) is 2.12. The van der Waals surface area contributed by atoms with Gasteiger partial charge in [-0.05, 0) is 29.7 Å². The van der Waals surface area contributed by atoms with Crippen molar-refractivity contribution in [3.05, 3.63) is 63.2 Å². The molecule has 0 spiro atoms. The number of esters is 1. The lowest BCUT2D eigenvalue weighted by atomic mass is 9.99. The van der Waals surface area contributed by atoms with Crippen LogP contribution in [0.1, 0.15) is 34.2 Å². The summed E-state index contributed by atoms with van der Waals surface area (Å²) in [6.07, 6.45) is 0.818. The van der Waals surface area contributed by atoms with E-state index in [1.807, 2.05) is 6.92 Å². The Bertz CT molecular complexity index is 715. The second-order valence-electron chi connectivity index (χ2n) is 4.55. The average molecular weight is 288 g/mol. The molecule has 21 heavy (non-hydrogen) atoms. The Balaban J connectivity index is 2.47. The van der Waals surface area contributed by atoms with Crippen LogP contribution in [0.5, 0.6) is 5.75 Å². The molecule has 5 nitrogen and oxygen atoms in total. The van der Waals surface area contributed by atoms with Gasteiger partial charge >= 0.3 is 11.6 Å². The second kappa shape index (κ2) is 6.26. The Kier molecular flexibility index (Phi) is 4.42. The Morgan fingerprint density at radius 2 is 2.00 bits per heavy atom. The summed E-state index contributed by atoms with van der Waals surface area (Å²) in [6, 6.07) is 8.31. The maximum absolute atomic E-state index is 12.1. The molecule has 1 aromatic heterocycles. The Hall–Kier alpha value is -2.56. The van der Waals surface area contributed by atoms with E-state index in [-0.39, 0.29) is 17.9 Å². The molecule has 2 aromatic rings. The smallest absolute Gasteiger partial charge is 0.374 e. The van der Waals surface area contributed by atoms with Crippen molar-refractivity contribution in [2.24, 2.45) is 0 Å². The summed E-state index contributed by atoms with van der Waals surface area (Å²) in [6.45, 7) is 1.88. The maximum atomic E-state index is 12.1. The third kappa shape index (κ3) is 3.13. The van der Waals surface area contributed by atoms with Gasteiger partial charge in [0.1, 0.15) is 5.75 Å². The molecule has 110 valence electrons. The van der Waals surface area contributed by atoms with E-state index in [0.29, 0.717) is 23.1 Å². The highest BCUT2D eigenvalue weighted by Crippen LogP contribution is 2.21. The van der Waals surface area contributed by atoms with Crippen molar-refractivity contribution >= 4 is 5.97 Å². The highest BCUT2D eigenvalue weighted by atomic mass is 16.5. The van der Waals surface area contributed by atoms with E-state index in [0.717, 1.165) is 0 Å². The van der Waals surface area contributed by atoms with Gasteiger partial charge in [0.15, 0.2) is 0 Å². The van der Waals surface area contributed by atoms with Gasteiger partial charge in [-0.3, -0.25) is 0 Å². The monoisotopic (exact) mass is 288 g/mol. The summed E-state index contributed by atoms with van der Waals surface area (Å²) < 4.78 is 9.56. The molecule has 1 aromatic carbocycles. The zero-order chi connectivity index (χ0) is 15.4. The van der Waals surface area contributed by atoms with Crippen molar-refractivity contribution in [3.63, 3.8) is 0 Å². The predicted octanol–water partition coefficient (Wildman–Crippen LogP) is 2.29. The first-order valence-electron chi connectivity index (χ1n) is 6.57. The van der Waals surface area contributed by atoms with Gasteiger partial charge in [0.05, 0.1) is 7.11 Å². The number of aromatic hydroxyl groups is 1. The molecule has 0 atom stereocenters. The Labute approximate surface area is 121 Å². The number of ether oxygens (including phenoxy) is 1. The van der Waals surface area contributed by atoms with Crippen molar-refractivity contribution in [2.45, 2.75) is 19.8 Å².